The molecule has 5 heteroatoms. The normalized spacial score (nSPS) is 16.3. The van der Waals surface area contributed by atoms with Crippen molar-refractivity contribution >= 4 is 28.1 Å². The lowest BCUT2D eigenvalue weighted by molar-refractivity contribution is 0.0664. The predicted octanol–water partition coefficient (Wildman–Crippen LogP) is 4.06. The van der Waals surface area contributed by atoms with Crippen LogP contribution in [0.5, 0.6) is 5.75 Å². The maximum absolute atomic E-state index is 10.4. The van der Waals surface area contributed by atoms with Gasteiger partial charge in [0, 0.05) is 43.8 Å². The van der Waals surface area contributed by atoms with E-state index in [1.807, 2.05) is 42.5 Å². The summed E-state index contributed by atoms with van der Waals surface area (Å²) in [6, 6.07) is 22.3. The fourth-order valence-electron chi connectivity index (χ4n) is 3.69. The number of hydrogen-bond donors (Lipinski definition) is 1. The number of ether oxygens (including phenoxy) is 1. The number of piperazine rings is 1. The average molecular weight is 397 g/mol. The van der Waals surface area contributed by atoms with E-state index in [-0.39, 0.29) is 6.61 Å². The maximum Gasteiger partial charge on any atom is 0.138 e. The van der Waals surface area contributed by atoms with Crippen molar-refractivity contribution in [2.24, 2.45) is 0 Å². The van der Waals surface area contributed by atoms with Crippen molar-refractivity contribution in [1.29, 1.82) is 0 Å². The first-order valence-electron chi connectivity index (χ1n) is 9.71. The molecule has 0 saturated carbocycles. The van der Waals surface area contributed by atoms with Gasteiger partial charge in [-0.05, 0) is 23.6 Å². The van der Waals surface area contributed by atoms with Gasteiger partial charge in [-0.25, -0.2) is 0 Å². The standard InChI is InChI=1S/C23H25ClN2O2/c24-23-21-9-5-4-6-18(21)10-11-22(23)28-17-20(27)16-25-12-14-26(15-13-25)19-7-2-1-3-8-19/h1-11,20,27H,12-17H2/t20-/m1/s1. The molecule has 4 nitrogen and oxygen atoms in total. The second kappa shape index (κ2) is 8.82. The Morgan fingerprint density at radius 3 is 2.39 bits per heavy atom. The van der Waals surface area contributed by atoms with E-state index in [0.29, 0.717) is 17.3 Å². The Kier molecular flexibility index (Phi) is 6.01. The minimum Gasteiger partial charge on any atom is -0.489 e. The second-order valence-corrected chi connectivity index (χ2v) is 7.56. The summed E-state index contributed by atoms with van der Waals surface area (Å²) in [5.74, 6) is 0.619. The Bertz CT molecular complexity index is 911. The van der Waals surface area contributed by atoms with Gasteiger partial charge < -0.3 is 14.7 Å². The summed E-state index contributed by atoms with van der Waals surface area (Å²) < 4.78 is 5.82. The molecule has 1 atom stereocenters. The second-order valence-electron chi connectivity index (χ2n) is 7.19. The van der Waals surface area contributed by atoms with Crippen molar-refractivity contribution in [3.05, 3.63) is 71.8 Å². The van der Waals surface area contributed by atoms with Crippen molar-refractivity contribution in [3.63, 3.8) is 0 Å². The third-order valence-corrected chi connectivity index (χ3v) is 5.61. The zero-order valence-electron chi connectivity index (χ0n) is 15.8. The zero-order valence-corrected chi connectivity index (χ0v) is 16.6. The highest BCUT2D eigenvalue weighted by Crippen LogP contribution is 2.32. The SMILES string of the molecule is O[C@@H](COc1ccc2ccccc2c1Cl)CN1CCN(c2ccccc2)CC1. The van der Waals surface area contributed by atoms with Crippen LogP contribution in [0, 0.1) is 0 Å². The molecule has 1 fully saturated rings. The molecule has 0 unspecified atom stereocenters. The first kappa shape index (κ1) is 19.1. The third kappa shape index (κ3) is 4.41. The quantitative estimate of drug-likeness (QED) is 0.681. The molecule has 1 N–H and O–H groups in total. The van der Waals surface area contributed by atoms with E-state index < -0.39 is 6.10 Å². The van der Waals surface area contributed by atoms with Gasteiger partial charge in [0.25, 0.3) is 0 Å². The van der Waals surface area contributed by atoms with E-state index in [1.165, 1.54) is 5.69 Å². The Labute approximate surface area is 170 Å². The van der Waals surface area contributed by atoms with Crippen LogP contribution in [0.3, 0.4) is 0 Å². The monoisotopic (exact) mass is 396 g/mol. The van der Waals surface area contributed by atoms with E-state index in [4.69, 9.17) is 16.3 Å². The molecule has 4 rings (SSSR count). The minimum atomic E-state index is -0.550. The highest BCUT2D eigenvalue weighted by molar-refractivity contribution is 6.37. The summed E-state index contributed by atoms with van der Waals surface area (Å²) in [5, 5.41) is 13.1. The summed E-state index contributed by atoms with van der Waals surface area (Å²) >= 11 is 6.47. The summed E-state index contributed by atoms with van der Waals surface area (Å²) in [6.45, 7) is 4.64. The lowest BCUT2D eigenvalue weighted by Gasteiger charge is -2.36. The van der Waals surface area contributed by atoms with Gasteiger partial charge in [0.2, 0.25) is 0 Å². The number of para-hydroxylation sites is 1. The summed E-state index contributed by atoms with van der Waals surface area (Å²) in [6.07, 6.45) is -0.550. The number of fused-ring (bicyclic) bond motifs is 1. The van der Waals surface area contributed by atoms with Crippen molar-refractivity contribution in [3.8, 4) is 5.75 Å². The van der Waals surface area contributed by atoms with Gasteiger partial charge in [-0.3, -0.25) is 4.90 Å². The van der Waals surface area contributed by atoms with Gasteiger partial charge in [0.05, 0.1) is 5.02 Å². The smallest absolute Gasteiger partial charge is 0.138 e. The number of benzene rings is 3. The first-order chi connectivity index (χ1) is 13.7. The average Bonchev–Trinajstić information content (AvgIpc) is 2.75. The molecule has 1 saturated heterocycles. The molecule has 0 aliphatic carbocycles. The molecule has 1 aliphatic rings. The Morgan fingerprint density at radius 2 is 1.61 bits per heavy atom. The lowest BCUT2D eigenvalue weighted by atomic mass is 10.1. The van der Waals surface area contributed by atoms with Gasteiger partial charge in [-0.1, -0.05) is 60.1 Å². The van der Waals surface area contributed by atoms with Crippen LogP contribution in [0.25, 0.3) is 10.8 Å². The van der Waals surface area contributed by atoms with Crippen molar-refractivity contribution in [1.82, 2.24) is 4.90 Å². The minimum absolute atomic E-state index is 0.233. The fraction of sp³-hybridized carbons (Fsp3) is 0.304. The van der Waals surface area contributed by atoms with E-state index >= 15 is 0 Å². The predicted molar refractivity (Wildman–Crippen MR) is 116 cm³/mol. The number of hydrogen-bond acceptors (Lipinski definition) is 4. The van der Waals surface area contributed by atoms with Gasteiger partial charge in [-0.15, -0.1) is 0 Å². The number of rotatable bonds is 6. The Balaban J connectivity index is 1.27. The molecule has 0 aromatic heterocycles. The molecule has 0 spiro atoms. The van der Waals surface area contributed by atoms with Gasteiger partial charge in [0.15, 0.2) is 0 Å². The number of aliphatic hydroxyl groups excluding tert-OH is 1. The number of β-amino-alcohol motifs (C(OH)–C–C–N with tert-alkyl or cyclic N) is 1. The number of aliphatic hydroxyl groups is 1. The van der Waals surface area contributed by atoms with Crippen LogP contribution in [0.15, 0.2) is 66.7 Å². The van der Waals surface area contributed by atoms with Crippen LogP contribution < -0.4 is 9.64 Å². The van der Waals surface area contributed by atoms with Crippen LogP contribution in [0.4, 0.5) is 5.69 Å². The maximum atomic E-state index is 10.4. The topological polar surface area (TPSA) is 35.9 Å². The van der Waals surface area contributed by atoms with Crippen molar-refractivity contribution in [2.75, 3.05) is 44.2 Å². The molecule has 1 aliphatic heterocycles. The number of anilines is 1. The van der Waals surface area contributed by atoms with E-state index in [2.05, 4.69) is 34.1 Å². The number of halogens is 1. The molecule has 28 heavy (non-hydrogen) atoms. The molecule has 0 amide bonds. The van der Waals surface area contributed by atoms with Crippen LogP contribution in [-0.4, -0.2) is 55.4 Å². The number of nitrogens with zero attached hydrogens (tertiary/aromatic N) is 2. The highest BCUT2D eigenvalue weighted by Gasteiger charge is 2.20. The summed E-state index contributed by atoms with van der Waals surface area (Å²) in [7, 11) is 0. The molecule has 1 heterocycles. The molecule has 3 aromatic rings. The molecular weight excluding hydrogens is 372 g/mol. The Hall–Kier alpha value is -2.27. The van der Waals surface area contributed by atoms with Crippen LogP contribution in [0.2, 0.25) is 5.02 Å². The highest BCUT2D eigenvalue weighted by atomic mass is 35.5. The fourth-order valence-corrected chi connectivity index (χ4v) is 3.98. The van der Waals surface area contributed by atoms with Gasteiger partial charge in [0.1, 0.15) is 18.5 Å². The Morgan fingerprint density at radius 1 is 0.893 bits per heavy atom. The van der Waals surface area contributed by atoms with Gasteiger partial charge in [-0.2, -0.15) is 0 Å². The van der Waals surface area contributed by atoms with Crippen molar-refractivity contribution < 1.29 is 9.84 Å². The van der Waals surface area contributed by atoms with E-state index in [9.17, 15) is 5.11 Å². The van der Waals surface area contributed by atoms with Crippen LogP contribution >= 0.6 is 11.6 Å². The molecule has 0 bridgehead atoms. The lowest BCUT2D eigenvalue weighted by Crippen LogP contribution is -2.49. The summed E-state index contributed by atoms with van der Waals surface area (Å²) in [5.41, 5.74) is 1.26. The zero-order chi connectivity index (χ0) is 19.3. The van der Waals surface area contributed by atoms with Gasteiger partial charge >= 0.3 is 0 Å². The molecule has 0 radical (unpaired) electrons. The van der Waals surface area contributed by atoms with E-state index in [0.717, 1.165) is 37.0 Å². The largest absolute Gasteiger partial charge is 0.489 e. The van der Waals surface area contributed by atoms with Crippen LogP contribution in [0.1, 0.15) is 0 Å². The summed E-state index contributed by atoms with van der Waals surface area (Å²) in [4.78, 5) is 4.67. The molecular formula is C23H25ClN2O2. The van der Waals surface area contributed by atoms with E-state index in [1.54, 1.807) is 0 Å². The third-order valence-electron chi connectivity index (χ3n) is 5.22. The molecule has 3 aromatic carbocycles. The first-order valence-corrected chi connectivity index (χ1v) is 10.1. The molecule has 146 valence electrons. The van der Waals surface area contributed by atoms with Crippen molar-refractivity contribution in [2.45, 2.75) is 6.10 Å². The van der Waals surface area contributed by atoms with Crippen LogP contribution in [-0.2, 0) is 0 Å².